The summed E-state index contributed by atoms with van der Waals surface area (Å²) in [5, 5.41) is 9.48. The minimum absolute atomic E-state index is 0.00840. The molecule has 1 fully saturated rings. The van der Waals surface area contributed by atoms with Crippen LogP contribution in [0.25, 0.3) is 11.1 Å². The molecule has 2 aromatic carbocycles. The quantitative estimate of drug-likeness (QED) is 0.329. The lowest BCUT2D eigenvalue weighted by Gasteiger charge is -2.29. The maximum atomic E-state index is 15.0. The summed E-state index contributed by atoms with van der Waals surface area (Å²) < 4.78 is 25.4. The number of rotatable bonds is 8. The third kappa shape index (κ3) is 5.93. The number of aromatic hydroxyl groups is 1. The summed E-state index contributed by atoms with van der Waals surface area (Å²) in [6.45, 7) is 6.55. The molecule has 1 aromatic heterocycles. The Labute approximate surface area is 229 Å². The van der Waals surface area contributed by atoms with E-state index in [-0.39, 0.29) is 17.8 Å². The van der Waals surface area contributed by atoms with E-state index in [1.54, 1.807) is 20.1 Å². The van der Waals surface area contributed by atoms with Gasteiger partial charge in [0.15, 0.2) is 0 Å². The topological polar surface area (TPSA) is 75.5 Å². The van der Waals surface area contributed by atoms with Crippen LogP contribution in [0.1, 0.15) is 73.8 Å². The summed E-state index contributed by atoms with van der Waals surface area (Å²) in [6.07, 6.45) is 6.64. The molecule has 3 heterocycles. The Balaban J connectivity index is 1.46. The average Bonchev–Trinajstić information content (AvgIpc) is 2.96. The van der Waals surface area contributed by atoms with Gasteiger partial charge in [-0.1, -0.05) is 32.4 Å². The van der Waals surface area contributed by atoms with Crippen LogP contribution in [-0.4, -0.2) is 45.9 Å². The Hall–Kier alpha value is -3.45. The molecule has 7 heteroatoms. The number of likely N-dealkylation sites (tertiary alicyclic amines) is 1. The van der Waals surface area contributed by atoms with Crippen molar-refractivity contribution in [3.63, 3.8) is 0 Å². The third-order valence-corrected chi connectivity index (χ3v) is 8.44. The summed E-state index contributed by atoms with van der Waals surface area (Å²) in [6, 6.07) is 14.2. The van der Waals surface area contributed by atoms with Crippen LogP contribution in [0.4, 0.5) is 4.39 Å². The van der Waals surface area contributed by atoms with Crippen molar-refractivity contribution < 1.29 is 23.8 Å². The lowest BCUT2D eigenvalue weighted by atomic mass is 9.87. The minimum Gasteiger partial charge on any atom is -0.577 e. The van der Waals surface area contributed by atoms with Gasteiger partial charge >= 0.3 is 5.97 Å². The zero-order valence-corrected chi connectivity index (χ0v) is 23.0. The number of methoxy groups -OCH3 is 1. The normalized spacial score (nSPS) is 19.0. The monoisotopic (exact) mass is 533 g/mol. The number of aliphatic hydroxyl groups is 1. The second-order valence-electron chi connectivity index (χ2n) is 10.9. The van der Waals surface area contributed by atoms with Gasteiger partial charge in [0.2, 0.25) is 12.0 Å². The van der Waals surface area contributed by atoms with E-state index in [2.05, 4.69) is 34.1 Å². The highest BCUT2D eigenvalue weighted by atomic mass is 19.1. The number of aliphatic carboxylic acids is 1. The average molecular weight is 534 g/mol. The SMILES string of the molecule is COc1cc(-c2ccc(C3CCc4ccc([C@H](C)[C@H](C)C(=O)O)cc4[OH+]3)cc2CN2CCCCC2)c(F)cn1. The molecule has 0 saturated carbocycles. The van der Waals surface area contributed by atoms with Crippen LogP contribution in [0.2, 0.25) is 0 Å². The molecule has 1 saturated heterocycles. The van der Waals surface area contributed by atoms with Gasteiger partial charge in [-0.05, 0) is 73.2 Å². The molecule has 206 valence electrons. The van der Waals surface area contributed by atoms with Crippen molar-refractivity contribution in [1.29, 1.82) is 0 Å². The predicted molar refractivity (Wildman–Crippen MR) is 150 cm³/mol. The number of piperidine rings is 1. The maximum absolute atomic E-state index is 15.0. The van der Waals surface area contributed by atoms with Crippen molar-refractivity contribution in [2.24, 2.45) is 5.92 Å². The number of pyridine rings is 1. The van der Waals surface area contributed by atoms with Crippen LogP contribution in [0.3, 0.4) is 0 Å². The van der Waals surface area contributed by atoms with E-state index >= 15 is 0 Å². The van der Waals surface area contributed by atoms with Crippen LogP contribution in [0, 0.1) is 11.7 Å². The molecule has 39 heavy (non-hydrogen) atoms. The molecule has 3 atom stereocenters. The Bertz CT molecular complexity index is 1340. The van der Waals surface area contributed by atoms with Gasteiger partial charge in [-0.2, -0.15) is 0 Å². The van der Waals surface area contributed by atoms with E-state index in [9.17, 15) is 14.3 Å². The molecule has 0 radical (unpaired) electrons. The van der Waals surface area contributed by atoms with Gasteiger partial charge in [-0.15, -0.1) is 0 Å². The third-order valence-electron chi connectivity index (χ3n) is 8.44. The van der Waals surface area contributed by atoms with Gasteiger partial charge in [0, 0.05) is 41.8 Å². The number of hydrogen-bond acceptors (Lipinski definition) is 4. The second kappa shape index (κ2) is 11.7. The molecule has 1 unspecified atom stereocenters. The van der Waals surface area contributed by atoms with Crippen molar-refractivity contribution in [2.75, 3.05) is 20.2 Å². The second-order valence-corrected chi connectivity index (χ2v) is 10.9. The summed E-state index contributed by atoms with van der Waals surface area (Å²) in [7, 11) is 1.54. The molecular formula is C32H38FN2O4+. The first-order valence-electron chi connectivity index (χ1n) is 14.0. The van der Waals surface area contributed by atoms with Crippen LogP contribution >= 0.6 is 0 Å². The zero-order chi connectivity index (χ0) is 27.5. The van der Waals surface area contributed by atoms with Gasteiger partial charge in [0.05, 0.1) is 19.2 Å². The van der Waals surface area contributed by atoms with Crippen molar-refractivity contribution in [3.8, 4) is 22.8 Å². The van der Waals surface area contributed by atoms with Gasteiger partial charge in [-0.3, -0.25) is 9.69 Å². The highest BCUT2D eigenvalue weighted by Gasteiger charge is 2.29. The first-order chi connectivity index (χ1) is 18.8. The van der Waals surface area contributed by atoms with Gasteiger partial charge in [0.25, 0.3) is 5.75 Å². The molecule has 6 nitrogen and oxygen atoms in total. The molecule has 5 rings (SSSR count). The van der Waals surface area contributed by atoms with E-state index in [0.717, 1.165) is 60.5 Å². The number of aryl methyl sites for hydroxylation is 1. The number of carboxylic acid groups (broad SMARTS) is 1. The highest BCUT2D eigenvalue weighted by Crippen LogP contribution is 2.40. The van der Waals surface area contributed by atoms with E-state index in [4.69, 9.17) is 9.47 Å². The summed E-state index contributed by atoms with van der Waals surface area (Å²) in [5.74, 6) is -0.400. The molecule has 0 amide bonds. The lowest BCUT2D eigenvalue weighted by molar-refractivity contribution is -0.141. The van der Waals surface area contributed by atoms with Gasteiger partial charge in [-0.25, -0.2) is 9.37 Å². The predicted octanol–water partition coefficient (Wildman–Crippen LogP) is 6.64. The minimum atomic E-state index is -0.792. The highest BCUT2D eigenvalue weighted by molar-refractivity contribution is 5.71. The molecular weight excluding hydrogens is 495 g/mol. The molecule has 0 aliphatic carbocycles. The molecule has 0 bridgehead atoms. The fraction of sp³-hybridized carbons (Fsp3) is 0.438. The van der Waals surface area contributed by atoms with E-state index < -0.39 is 11.9 Å². The van der Waals surface area contributed by atoms with Gasteiger partial charge in [0.1, 0.15) is 5.82 Å². The first-order valence-corrected chi connectivity index (χ1v) is 14.0. The lowest BCUT2D eigenvalue weighted by Crippen LogP contribution is -2.29. The summed E-state index contributed by atoms with van der Waals surface area (Å²) >= 11 is 0. The Kier molecular flexibility index (Phi) is 8.17. The van der Waals surface area contributed by atoms with Crippen molar-refractivity contribution in [2.45, 2.75) is 64.5 Å². The number of nitrogens with zero attached hydrogens (tertiary/aromatic N) is 2. The first kappa shape index (κ1) is 27.1. The smallest absolute Gasteiger partial charge is 0.306 e. The molecule has 2 N–H and O–H groups in total. The largest absolute Gasteiger partial charge is 0.577 e. The fourth-order valence-electron chi connectivity index (χ4n) is 5.77. The van der Waals surface area contributed by atoms with E-state index in [1.807, 2.05) is 19.1 Å². The standard InChI is InChI=1S/C32H37FN2O4/c1-20(21(2)32(36)37)23-8-7-22-10-12-29(39-30(22)16-23)24-9-11-26(27-17-31(38-3)34-18-28(27)33)25(15-24)19-35-13-5-4-6-14-35/h7-9,11,15-18,20-21,29H,4-6,10,12-14,19H2,1-3H3,(H,36,37)/p+1/t20-,21+,29?/m1/s1. The van der Waals surface area contributed by atoms with Crippen LogP contribution in [0.5, 0.6) is 11.6 Å². The molecule has 3 aromatic rings. The number of hydrogen-bond donors (Lipinski definition) is 1. The Morgan fingerprint density at radius 1 is 1.13 bits per heavy atom. The van der Waals surface area contributed by atoms with E-state index in [1.165, 1.54) is 31.0 Å². The molecule has 2 aliphatic rings. The number of benzene rings is 2. The number of carboxylic acids is 1. The van der Waals surface area contributed by atoms with Gasteiger partial charge < -0.3 is 14.6 Å². The maximum Gasteiger partial charge on any atom is 0.306 e. The number of ether oxygens (including phenoxy) is 2. The number of carbonyl (C=O) groups is 1. The summed E-state index contributed by atoms with van der Waals surface area (Å²) in [4.78, 5) is 18.0. The fourth-order valence-corrected chi connectivity index (χ4v) is 5.77. The molecule has 0 spiro atoms. The van der Waals surface area contributed by atoms with Crippen LogP contribution in [0.15, 0.2) is 48.7 Å². The Morgan fingerprint density at radius 3 is 2.67 bits per heavy atom. The van der Waals surface area contributed by atoms with Crippen molar-refractivity contribution >= 4 is 5.97 Å². The number of halogens is 1. The van der Waals surface area contributed by atoms with Crippen LogP contribution in [-0.2, 0) is 17.8 Å². The zero-order valence-electron chi connectivity index (χ0n) is 23.0. The van der Waals surface area contributed by atoms with Crippen LogP contribution < -0.4 is 4.74 Å². The van der Waals surface area contributed by atoms with Crippen molar-refractivity contribution in [3.05, 3.63) is 76.7 Å². The Morgan fingerprint density at radius 2 is 1.92 bits per heavy atom. The van der Waals surface area contributed by atoms with E-state index in [0.29, 0.717) is 11.4 Å². The number of fused-ring (bicyclic) bond motifs is 1. The molecule has 2 aliphatic heterocycles. The number of aromatic nitrogens is 1. The summed E-state index contributed by atoms with van der Waals surface area (Å²) in [5.41, 5.74) is 5.75. The van der Waals surface area contributed by atoms with Crippen molar-refractivity contribution in [1.82, 2.24) is 9.88 Å².